The normalized spacial score (nSPS) is 9.62. The van der Waals surface area contributed by atoms with Crippen molar-refractivity contribution in [1.82, 2.24) is 0 Å². The fourth-order valence-corrected chi connectivity index (χ4v) is 2.17. The maximum Gasteiger partial charge on any atom is 0.287 e. The van der Waals surface area contributed by atoms with Crippen molar-refractivity contribution in [3.05, 3.63) is 19.1 Å². The van der Waals surface area contributed by atoms with Crippen molar-refractivity contribution in [2.45, 2.75) is 13.3 Å². The molecule has 1 rings (SSSR count). The van der Waals surface area contributed by atoms with E-state index in [1.165, 1.54) is 27.6 Å². The van der Waals surface area contributed by atoms with Gasteiger partial charge in [-0.15, -0.1) is 0 Å². The van der Waals surface area contributed by atoms with Crippen LogP contribution < -0.4 is 4.06 Å². The molecule has 0 spiro atoms. The van der Waals surface area contributed by atoms with E-state index in [2.05, 4.69) is 6.92 Å². The molecule has 0 atom stereocenters. The molecule has 0 aliphatic carbocycles. The van der Waals surface area contributed by atoms with Crippen molar-refractivity contribution >= 4 is 22.7 Å². The summed E-state index contributed by atoms with van der Waals surface area (Å²) < 4.78 is 0.210. The Morgan fingerprint density at radius 2 is 2.50 bits per heavy atom. The van der Waals surface area contributed by atoms with Gasteiger partial charge < -0.3 is 0 Å². The van der Waals surface area contributed by atoms with E-state index in [1.807, 2.05) is 5.38 Å². The van der Waals surface area contributed by atoms with Gasteiger partial charge in [0.15, 0.2) is 0 Å². The molecule has 0 radical (unpaired) electrons. The Labute approximate surface area is 55.6 Å². The molecule has 1 heterocycles. The molecule has 3 heteroatoms. The standard InChI is InChI=1S/C5H6OS2/c1-2-4-3-7-5(6)8-4/h3H,2H2,1H3. The molecule has 0 bridgehead atoms. The molecule has 1 nitrogen and oxygen atoms in total. The summed E-state index contributed by atoms with van der Waals surface area (Å²) in [5, 5.41) is 1.92. The minimum atomic E-state index is 0.210. The van der Waals surface area contributed by atoms with Crippen LogP contribution in [-0.2, 0) is 6.42 Å². The van der Waals surface area contributed by atoms with E-state index in [4.69, 9.17) is 0 Å². The third-order valence-corrected chi connectivity index (χ3v) is 2.97. The van der Waals surface area contributed by atoms with Gasteiger partial charge in [-0.2, -0.15) is 0 Å². The van der Waals surface area contributed by atoms with Gasteiger partial charge in [0.2, 0.25) is 0 Å². The van der Waals surface area contributed by atoms with Gasteiger partial charge in [-0.25, -0.2) is 0 Å². The largest absolute Gasteiger partial charge is 0.287 e. The van der Waals surface area contributed by atoms with E-state index in [-0.39, 0.29) is 4.06 Å². The molecular weight excluding hydrogens is 140 g/mol. The quantitative estimate of drug-likeness (QED) is 0.589. The maximum absolute atomic E-state index is 10.5. The molecule has 0 saturated carbocycles. The lowest BCUT2D eigenvalue weighted by molar-refractivity contribution is 1.19. The molecular formula is C5H6OS2. The van der Waals surface area contributed by atoms with Gasteiger partial charge in [-0.3, -0.25) is 4.79 Å². The van der Waals surface area contributed by atoms with Crippen molar-refractivity contribution in [2.24, 2.45) is 0 Å². The third-order valence-electron chi connectivity index (χ3n) is 0.849. The Balaban J connectivity index is 3.01. The summed E-state index contributed by atoms with van der Waals surface area (Å²) in [6.45, 7) is 2.05. The number of rotatable bonds is 1. The van der Waals surface area contributed by atoms with Crippen molar-refractivity contribution in [2.75, 3.05) is 0 Å². The summed E-state index contributed by atoms with van der Waals surface area (Å²) in [7, 11) is 0. The van der Waals surface area contributed by atoms with Gasteiger partial charge in [0.05, 0.1) is 0 Å². The van der Waals surface area contributed by atoms with Crippen LogP contribution in [0.1, 0.15) is 11.8 Å². The minimum absolute atomic E-state index is 0.210. The molecule has 1 aromatic rings. The molecule has 0 fully saturated rings. The van der Waals surface area contributed by atoms with Crippen LogP contribution in [0, 0.1) is 0 Å². The first-order valence-corrected chi connectivity index (χ1v) is 4.10. The molecule has 0 aromatic carbocycles. The molecule has 0 aliphatic rings. The van der Waals surface area contributed by atoms with Gasteiger partial charge in [0.25, 0.3) is 4.06 Å². The lowest BCUT2D eigenvalue weighted by Crippen LogP contribution is -1.75. The smallest absolute Gasteiger partial charge is 0.265 e. The average molecular weight is 146 g/mol. The van der Waals surface area contributed by atoms with Crippen LogP contribution in [0.15, 0.2) is 10.2 Å². The highest BCUT2D eigenvalue weighted by Gasteiger charge is 1.90. The van der Waals surface area contributed by atoms with Gasteiger partial charge in [-0.1, -0.05) is 29.6 Å². The zero-order valence-electron chi connectivity index (χ0n) is 4.51. The molecule has 0 amide bonds. The second-order valence-electron chi connectivity index (χ2n) is 1.41. The Hall–Kier alpha value is -0.150. The third kappa shape index (κ3) is 1.17. The Morgan fingerprint density at radius 3 is 2.75 bits per heavy atom. The van der Waals surface area contributed by atoms with Crippen LogP contribution in [0.5, 0.6) is 0 Å². The van der Waals surface area contributed by atoms with Gasteiger partial charge >= 0.3 is 0 Å². The first-order chi connectivity index (χ1) is 3.83. The predicted molar refractivity (Wildman–Crippen MR) is 37.8 cm³/mol. The second kappa shape index (κ2) is 2.42. The number of hydrogen-bond donors (Lipinski definition) is 0. The van der Waals surface area contributed by atoms with Crippen LogP contribution in [0.2, 0.25) is 0 Å². The van der Waals surface area contributed by atoms with Crippen LogP contribution >= 0.6 is 22.7 Å². The summed E-state index contributed by atoms with van der Waals surface area (Å²) >= 11 is 2.64. The Bertz CT molecular complexity index is 210. The SMILES string of the molecule is CCc1csc(=O)s1. The zero-order chi connectivity index (χ0) is 5.98. The van der Waals surface area contributed by atoms with Crippen LogP contribution in [0.3, 0.4) is 0 Å². The summed E-state index contributed by atoms with van der Waals surface area (Å²) in [6, 6.07) is 0. The van der Waals surface area contributed by atoms with Crippen molar-refractivity contribution in [3.8, 4) is 0 Å². The lowest BCUT2D eigenvalue weighted by atomic mass is 10.5. The zero-order valence-corrected chi connectivity index (χ0v) is 6.14. The fourth-order valence-electron chi connectivity index (χ4n) is 0.424. The highest BCUT2D eigenvalue weighted by atomic mass is 32.2. The van der Waals surface area contributed by atoms with Gasteiger partial charge in [-0.05, 0) is 6.42 Å². The Kier molecular flexibility index (Phi) is 1.81. The van der Waals surface area contributed by atoms with Crippen LogP contribution in [0.4, 0.5) is 0 Å². The van der Waals surface area contributed by atoms with Crippen LogP contribution in [0.25, 0.3) is 0 Å². The molecule has 44 valence electrons. The van der Waals surface area contributed by atoms with Crippen molar-refractivity contribution < 1.29 is 0 Å². The first-order valence-electron chi connectivity index (χ1n) is 2.40. The van der Waals surface area contributed by atoms with Crippen molar-refractivity contribution in [3.63, 3.8) is 0 Å². The van der Waals surface area contributed by atoms with Crippen molar-refractivity contribution in [1.29, 1.82) is 0 Å². The molecule has 1 aromatic heterocycles. The van der Waals surface area contributed by atoms with Gasteiger partial charge in [0, 0.05) is 10.3 Å². The molecule has 0 N–H and O–H groups in total. The highest BCUT2D eigenvalue weighted by molar-refractivity contribution is 7.26. The summed E-state index contributed by atoms with van der Waals surface area (Å²) in [5.41, 5.74) is 0. The van der Waals surface area contributed by atoms with E-state index >= 15 is 0 Å². The monoisotopic (exact) mass is 146 g/mol. The number of aryl methyl sites for hydroxylation is 1. The van der Waals surface area contributed by atoms with Crippen LogP contribution in [-0.4, -0.2) is 0 Å². The lowest BCUT2D eigenvalue weighted by Gasteiger charge is -1.76. The summed E-state index contributed by atoms with van der Waals surface area (Å²) in [6.07, 6.45) is 0.989. The Morgan fingerprint density at radius 1 is 1.75 bits per heavy atom. The minimum Gasteiger partial charge on any atom is -0.265 e. The molecule has 0 aliphatic heterocycles. The fraction of sp³-hybridized carbons (Fsp3) is 0.400. The maximum atomic E-state index is 10.5. The molecule has 0 unspecified atom stereocenters. The first kappa shape index (κ1) is 5.98. The van der Waals surface area contributed by atoms with E-state index in [0.29, 0.717) is 0 Å². The molecule has 8 heavy (non-hydrogen) atoms. The van der Waals surface area contributed by atoms with E-state index < -0.39 is 0 Å². The summed E-state index contributed by atoms with van der Waals surface area (Å²) in [5.74, 6) is 0. The molecule has 0 saturated heterocycles. The highest BCUT2D eigenvalue weighted by Crippen LogP contribution is 2.06. The summed E-state index contributed by atoms with van der Waals surface area (Å²) in [4.78, 5) is 11.7. The van der Waals surface area contributed by atoms with E-state index in [9.17, 15) is 4.79 Å². The van der Waals surface area contributed by atoms with Gasteiger partial charge in [0.1, 0.15) is 0 Å². The van der Waals surface area contributed by atoms with E-state index in [1.54, 1.807) is 0 Å². The average Bonchev–Trinajstić information content (AvgIpc) is 2.14. The predicted octanol–water partition coefficient (Wildman–Crippen LogP) is 1.73. The van der Waals surface area contributed by atoms with E-state index in [0.717, 1.165) is 6.42 Å². The number of hydrogen-bond acceptors (Lipinski definition) is 3. The topological polar surface area (TPSA) is 17.1 Å². The second-order valence-corrected chi connectivity index (χ2v) is 3.61.